The van der Waals surface area contributed by atoms with E-state index >= 15 is 0 Å². The molecule has 0 spiro atoms. The van der Waals surface area contributed by atoms with Gasteiger partial charge in [-0.3, -0.25) is 18.6 Å². The summed E-state index contributed by atoms with van der Waals surface area (Å²) in [5, 5.41) is 18.3. The molecule has 0 aromatic carbocycles. The number of esters is 2. The highest BCUT2D eigenvalue weighted by Gasteiger charge is 2.27. The van der Waals surface area contributed by atoms with Gasteiger partial charge in [0.2, 0.25) is 0 Å². The van der Waals surface area contributed by atoms with Crippen molar-refractivity contribution in [3.8, 4) is 0 Å². The third-order valence-electron chi connectivity index (χ3n) is 9.42. The van der Waals surface area contributed by atoms with Crippen molar-refractivity contribution in [3.05, 3.63) is 12.2 Å². The molecule has 0 radical (unpaired) electrons. The minimum atomic E-state index is -4.61. The van der Waals surface area contributed by atoms with Gasteiger partial charge in [-0.1, -0.05) is 167 Å². The highest BCUT2D eigenvalue weighted by molar-refractivity contribution is 7.47. The van der Waals surface area contributed by atoms with E-state index in [2.05, 4.69) is 30.5 Å². The van der Waals surface area contributed by atoms with Gasteiger partial charge in [0.15, 0.2) is 6.10 Å². The Morgan fingerprint density at radius 1 is 0.547 bits per heavy atom. The first-order valence-electron chi connectivity index (χ1n) is 21.6. The van der Waals surface area contributed by atoms with Crippen molar-refractivity contribution in [1.82, 2.24) is 0 Å². The summed E-state index contributed by atoms with van der Waals surface area (Å²) in [5.74, 6) is -0.926. The van der Waals surface area contributed by atoms with Crippen molar-refractivity contribution in [3.63, 3.8) is 0 Å². The zero-order valence-corrected chi connectivity index (χ0v) is 34.9. The predicted molar refractivity (Wildman–Crippen MR) is 215 cm³/mol. The fourth-order valence-electron chi connectivity index (χ4n) is 6.05. The molecular formula is C42H81O10P. The number of phosphoric acid groups is 1. The Labute approximate surface area is 324 Å². The largest absolute Gasteiger partial charge is 0.472 e. The Hall–Kier alpha value is -1.29. The van der Waals surface area contributed by atoms with Crippen LogP contribution in [0.1, 0.15) is 206 Å². The third kappa shape index (κ3) is 38.8. The van der Waals surface area contributed by atoms with Gasteiger partial charge in [0.05, 0.1) is 19.8 Å². The lowest BCUT2D eigenvalue weighted by molar-refractivity contribution is -0.161. The second-order valence-electron chi connectivity index (χ2n) is 14.7. The fourth-order valence-corrected chi connectivity index (χ4v) is 6.84. The summed E-state index contributed by atoms with van der Waals surface area (Å²) in [4.78, 5) is 34.9. The average Bonchev–Trinajstić information content (AvgIpc) is 3.14. The van der Waals surface area contributed by atoms with Gasteiger partial charge in [-0.15, -0.1) is 0 Å². The lowest BCUT2D eigenvalue weighted by atomic mass is 10.0. The molecule has 3 unspecified atom stereocenters. The van der Waals surface area contributed by atoms with Gasteiger partial charge in [0, 0.05) is 12.8 Å². The lowest BCUT2D eigenvalue weighted by Crippen LogP contribution is -2.29. The number of carbonyl (C=O) groups is 2. The minimum absolute atomic E-state index is 0.178. The molecule has 0 aliphatic carbocycles. The number of aliphatic hydroxyl groups excluding tert-OH is 2. The van der Waals surface area contributed by atoms with Crippen LogP contribution in [0.25, 0.3) is 0 Å². The van der Waals surface area contributed by atoms with Gasteiger partial charge in [-0.2, -0.15) is 0 Å². The van der Waals surface area contributed by atoms with Crippen LogP contribution in [-0.4, -0.2) is 65.7 Å². The molecule has 11 heteroatoms. The zero-order valence-electron chi connectivity index (χ0n) is 34.0. The number of hydrogen-bond acceptors (Lipinski definition) is 9. The standard InChI is InChI=1S/C42H81O10P/c1-3-5-7-9-11-13-15-17-18-19-20-21-22-24-25-27-29-31-33-41(45)49-37-40(38-51-53(47,48)50-36-39(44)35-43)52-42(46)34-32-30-28-26-23-16-14-12-10-8-6-4-2/h12,14,39-40,43-44H,3-11,13,15-38H2,1-2H3,(H,47,48)/b14-12-. The maximum absolute atomic E-state index is 12.6. The topological polar surface area (TPSA) is 149 Å². The molecule has 0 amide bonds. The molecule has 0 aliphatic rings. The maximum Gasteiger partial charge on any atom is 0.472 e. The molecule has 0 rings (SSSR count). The van der Waals surface area contributed by atoms with Gasteiger partial charge < -0.3 is 24.6 Å². The number of carbonyl (C=O) groups excluding carboxylic acids is 2. The molecule has 314 valence electrons. The zero-order chi connectivity index (χ0) is 39.1. The predicted octanol–water partition coefficient (Wildman–Crippen LogP) is 11.2. The van der Waals surface area contributed by atoms with Gasteiger partial charge in [0.1, 0.15) is 12.7 Å². The molecule has 0 aromatic rings. The van der Waals surface area contributed by atoms with Crippen LogP contribution in [0.4, 0.5) is 0 Å². The molecule has 53 heavy (non-hydrogen) atoms. The van der Waals surface area contributed by atoms with Crippen LogP contribution >= 0.6 is 7.82 Å². The van der Waals surface area contributed by atoms with E-state index in [4.69, 9.17) is 19.1 Å². The summed E-state index contributed by atoms with van der Waals surface area (Å²) in [6.45, 7) is 2.37. The van der Waals surface area contributed by atoms with Crippen molar-refractivity contribution in [1.29, 1.82) is 0 Å². The fraction of sp³-hybridized carbons (Fsp3) is 0.905. The molecule has 0 saturated carbocycles. The Morgan fingerprint density at radius 2 is 0.925 bits per heavy atom. The Kier molecular flexibility index (Phi) is 38.0. The van der Waals surface area contributed by atoms with E-state index < -0.39 is 51.8 Å². The third-order valence-corrected chi connectivity index (χ3v) is 10.4. The molecule has 0 bridgehead atoms. The quantitative estimate of drug-likeness (QED) is 0.0237. The highest BCUT2D eigenvalue weighted by Crippen LogP contribution is 2.43. The number of rotatable bonds is 41. The van der Waals surface area contributed by atoms with E-state index in [1.54, 1.807) is 0 Å². The van der Waals surface area contributed by atoms with Crippen molar-refractivity contribution in [2.75, 3.05) is 26.4 Å². The van der Waals surface area contributed by atoms with Crippen LogP contribution in [0.5, 0.6) is 0 Å². The molecule has 0 aliphatic heterocycles. The van der Waals surface area contributed by atoms with E-state index in [-0.39, 0.29) is 19.4 Å². The van der Waals surface area contributed by atoms with Crippen LogP contribution in [0.2, 0.25) is 0 Å². The molecule has 0 heterocycles. The monoisotopic (exact) mass is 777 g/mol. The SMILES string of the molecule is CCCCC/C=C\CCCCCCCC(=O)OC(COC(=O)CCCCCCCCCCCCCCCCCCCC)COP(=O)(O)OCC(O)CO. The van der Waals surface area contributed by atoms with Gasteiger partial charge in [0.25, 0.3) is 0 Å². The molecular weight excluding hydrogens is 695 g/mol. The van der Waals surface area contributed by atoms with Crippen LogP contribution in [0, 0.1) is 0 Å². The summed E-state index contributed by atoms with van der Waals surface area (Å²) >= 11 is 0. The number of unbranched alkanes of at least 4 members (excludes halogenated alkanes) is 25. The number of hydrogen-bond donors (Lipinski definition) is 3. The average molecular weight is 777 g/mol. The van der Waals surface area contributed by atoms with E-state index in [0.29, 0.717) is 12.8 Å². The Bertz CT molecular complexity index is 899. The van der Waals surface area contributed by atoms with Gasteiger partial charge in [-0.25, -0.2) is 4.57 Å². The van der Waals surface area contributed by atoms with Crippen LogP contribution in [0.3, 0.4) is 0 Å². The minimum Gasteiger partial charge on any atom is -0.462 e. The lowest BCUT2D eigenvalue weighted by Gasteiger charge is -2.20. The van der Waals surface area contributed by atoms with Crippen LogP contribution in [-0.2, 0) is 32.7 Å². The smallest absolute Gasteiger partial charge is 0.462 e. The summed E-state index contributed by atoms with van der Waals surface area (Å²) in [6, 6.07) is 0. The number of phosphoric ester groups is 1. The van der Waals surface area contributed by atoms with Crippen molar-refractivity contribution < 1.29 is 47.8 Å². The summed E-state index contributed by atoms with van der Waals surface area (Å²) in [6.07, 6.45) is 36.1. The molecule has 10 nitrogen and oxygen atoms in total. The molecule has 0 aromatic heterocycles. The van der Waals surface area contributed by atoms with E-state index in [9.17, 15) is 24.2 Å². The van der Waals surface area contributed by atoms with E-state index in [0.717, 1.165) is 57.8 Å². The van der Waals surface area contributed by atoms with Crippen molar-refractivity contribution in [2.45, 2.75) is 219 Å². The molecule has 0 saturated heterocycles. The normalized spacial score (nSPS) is 14.0. The number of allylic oxidation sites excluding steroid dienone is 2. The Balaban J connectivity index is 4.23. The summed E-state index contributed by atoms with van der Waals surface area (Å²) < 4.78 is 32.7. The molecule has 0 fully saturated rings. The number of ether oxygens (including phenoxy) is 2. The van der Waals surface area contributed by atoms with Crippen LogP contribution in [0.15, 0.2) is 12.2 Å². The number of aliphatic hydroxyl groups is 2. The molecule has 3 atom stereocenters. The maximum atomic E-state index is 12.6. The second-order valence-corrected chi connectivity index (χ2v) is 16.2. The van der Waals surface area contributed by atoms with E-state index in [1.165, 1.54) is 109 Å². The highest BCUT2D eigenvalue weighted by atomic mass is 31.2. The van der Waals surface area contributed by atoms with Crippen LogP contribution < -0.4 is 0 Å². The van der Waals surface area contributed by atoms with Gasteiger partial charge in [-0.05, 0) is 38.5 Å². The Morgan fingerprint density at radius 3 is 1.40 bits per heavy atom. The summed E-state index contributed by atoms with van der Waals surface area (Å²) in [7, 11) is -4.61. The van der Waals surface area contributed by atoms with E-state index in [1.807, 2.05) is 0 Å². The first-order chi connectivity index (χ1) is 25.7. The second kappa shape index (κ2) is 39.0. The van der Waals surface area contributed by atoms with Crippen molar-refractivity contribution >= 4 is 19.8 Å². The molecule has 3 N–H and O–H groups in total. The van der Waals surface area contributed by atoms with Gasteiger partial charge >= 0.3 is 19.8 Å². The summed E-state index contributed by atoms with van der Waals surface area (Å²) in [5.41, 5.74) is 0. The first-order valence-corrected chi connectivity index (χ1v) is 23.1. The first kappa shape index (κ1) is 51.7. The van der Waals surface area contributed by atoms with Crippen molar-refractivity contribution in [2.24, 2.45) is 0 Å².